The van der Waals surface area contributed by atoms with Crippen LogP contribution in [0.2, 0.25) is 0 Å². The molecule has 1 aliphatic heterocycles. The molecule has 1 N–H and O–H groups in total. The molecule has 0 saturated carbocycles. The number of aliphatic hydroxyl groups excluding tert-OH is 1. The average Bonchev–Trinajstić information content (AvgIpc) is 2.36. The molecule has 4 heteroatoms. The summed E-state index contributed by atoms with van der Waals surface area (Å²) in [5, 5.41) is 8.97. The van der Waals surface area contributed by atoms with Gasteiger partial charge < -0.3 is 14.6 Å². The third-order valence-corrected chi connectivity index (χ3v) is 1.83. The molecule has 0 bridgehead atoms. The van der Waals surface area contributed by atoms with E-state index in [4.69, 9.17) is 14.6 Å². The van der Waals surface area contributed by atoms with Gasteiger partial charge in [-0.05, 0) is 13.8 Å². The average molecular weight is 174 g/mol. The molecule has 1 heterocycles. The van der Waals surface area contributed by atoms with Crippen molar-refractivity contribution < 1.29 is 19.4 Å². The zero-order chi connectivity index (χ0) is 9.19. The molecular formula is C8H14O4. The van der Waals surface area contributed by atoms with Gasteiger partial charge in [-0.3, -0.25) is 4.79 Å². The van der Waals surface area contributed by atoms with Crippen LogP contribution in [-0.2, 0) is 14.3 Å². The van der Waals surface area contributed by atoms with Crippen LogP contribution in [0.4, 0.5) is 0 Å². The van der Waals surface area contributed by atoms with Crippen molar-refractivity contribution in [3.05, 3.63) is 0 Å². The predicted molar refractivity (Wildman–Crippen MR) is 41.6 cm³/mol. The maximum atomic E-state index is 11.4. The minimum absolute atomic E-state index is 0.0799. The Labute approximate surface area is 71.5 Å². The third-order valence-electron chi connectivity index (χ3n) is 1.83. The summed E-state index contributed by atoms with van der Waals surface area (Å²) >= 11 is 0. The van der Waals surface area contributed by atoms with Gasteiger partial charge in [0.1, 0.15) is 0 Å². The lowest BCUT2D eigenvalue weighted by Crippen LogP contribution is -2.37. The van der Waals surface area contributed by atoms with Crippen molar-refractivity contribution in [2.75, 3.05) is 13.2 Å². The molecule has 0 aliphatic carbocycles. The quantitative estimate of drug-likeness (QED) is 0.658. The second-order valence-electron chi connectivity index (χ2n) is 3.12. The fourth-order valence-electron chi connectivity index (χ4n) is 1.13. The van der Waals surface area contributed by atoms with Gasteiger partial charge in [0.15, 0.2) is 5.78 Å². The Bertz CT molecular complexity index is 170. The molecule has 1 unspecified atom stereocenters. The Kier molecular flexibility index (Phi) is 2.82. The zero-order valence-electron chi connectivity index (χ0n) is 7.37. The second-order valence-corrected chi connectivity index (χ2v) is 3.12. The molecule has 0 aromatic carbocycles. The van der Waals surface area contributed by atoms with E-state index < -0.39 is 11.9 Å². The first-order valence-corrected chi connectivity index (χ1v) is 4.04. The summed E-state index contributed by atoms with van der Waals surface area (Å²) in [4.78, 5) is 11.4. The zero-order valence-corrected chi connectivity index (χ0v) is 7.37. The largest absolute Gasteiger partial charge is 0.393 e. The van der Waals surface area contributed by atoms with E-state index in [0.717, 1.165) is 0 Å². The minimum atomic E-state index is -1.11. The van der Waals surface area contributed by atoms with Gasteiger partial charge in [-0.15, -0.1) is 0 Å². The molecule has 1 rings (SSSR count). The van der Waals surface area contributed by atoms with E-state index in [9.17, 15) is 4.79 Å². The lowest BCUT2D eigenvalue weighted by molar-refractivity contribution is -0.175. The maximum absolute atomic E-state index is 11.4. The van der Waals surface area contributed by atoms with E-state index in [0.29, 0.717) is 13.2 Å². The number of rotatable bonds is 3. The van der Waals surface area contributed by atoms with Crippen LogP contribution in [0, 0.1) is 0 Å². The van der Waals surface area contributed by atoms with Gasteiger partial charge >= 0.3 is 0 Å². The van der Waals surface area contributed by atoms with Crippen molar-refractivity contribution in [2.24, 2.45) is 0 Å². The Morgan fingerprint density at radius 3 is 2.50 bits per heavy atom. The molecule has 70 valence electrons. The van der Waals surface area contributed by atoms with Crippen molar-refractivity contribution >= 4 is 5.78 Å². The van der Waals surface area contributed by atoms with E-state index >= 15 is 0 Å². The van der Waals surface area contributed by atoms with Gasteiger partial charge in [-0.2, -0.15) is 0 Å². The molecule has 4 nitrogen and oxygen atoms in total. The highest BCUT2D eigenvalue weighted by molar-refractivity contribution is 5.86. The number of hydrogen-bond donors (Lipinski definition) is 1. The van der Waals surface area contributed by atoms with Gasteiger partial charge in [0, 0.05) is 6.42 Å². The molecule has 0 spiro atoms. The number of aliphatic hydroxyl groups is 1. The Morgan fingerprint density at radius 2 is 2.08 bits per heavy atom. The molecule has 0 aromatic heterocycles. The molecule has 1 atom stereocenters. The van der Waals surface area contributed by atoms with E-state index in [-0.39, 0.29) is 12.2 Å². The van der Waals surface area contributed by atoms with Crippen molar-refractivity contribution in [3.63, 3.8) is 0 Å². The van der Waals surface area contributed by atoms with Gasteiger partial charge in [0.2, 0.25) is 5.79 Å². The van der Waals surface area contributed by atoms with Crippen molar-refractivity contribution in [1.29, 1.82) is 0 Å². The lowest BCUT2D eigenvalue weighted by atomic mass is 10.1. The lowest BCUT2D eigenvalue weighted by Gasteiger charge is -2.20. The maximum Gasteiger partial charge on any atom is 0.226 e. The summed E-state index contributed by atoms with van der Waals surface area (Å²) in [6, 6.07) is 0. The molecule has 0 amide bonds. The number of carbonyl (C=O) groups is 1. The highest BCUT2D eigenvalue weighted by Crippen LogP contribution is 2.21. The number of Topliss-reactive ketones (excluding diaryl/α,β-unsaturated/α-hetero) is 1. The molecule has 0 radical (unpaired) electrons. The Balaban J connectivity index is 2.50. The van der Waals surface area contributed by atoms with Gasteiger partial charge in [-0.25, -0.2) is 0 Å². The SMILES string of the molecule is CC(O)CC(=O)C1(C)OCCO1. The first kappa shape index (κ1) is 9.64. The van der Waals surface area contributed by atoms with Gasteiger partial charge in [0.05, 0.1) is 19.3 Å². The molecular weight excluding hydrogens is 160 g/mol. The highest BCUT2D eigenvalue weighted by atomic mass is 16.7. The summed E-state index contributed by atoms with van der Waals surface area (Å²) in [5.41, 5.74) is 0. The fourth-order valence-corrected chi connectivity index (χ4v) is 1.13. The first-order chi connectivity index (χ1) is 5.54. The summed E-state index contributed by atoms with van der Waals surface area (Å²) in [5.74, 6) is -1.31. The summed E-state index contributed by atoms with van der Waals surface area (Å²) in [6.07, 6.45) is -0.557. The van der Waals surface area contributed by atoms with Crippen molar-refractivity contribution in [1.82, 2.24) is 0 Å². The van der Waals surface area contributed by atoms with Crippen LogP contribution < -0.4 is 0 Å². The monoisotopic (exact) mass is 174 g/mol. The van der Waals surface area contributed by atoms with Crippen LogP contribution in [0.3, 0.4) is 0 Å². The topological polar surface area (TPSA) is 55.8 Å². The standard InChI is InChI=1S/C8H14O4/c1-6(9)5-7(10)8(2)11-3-4-12-8/h6,9H,3-5H2,1-2H3. The number of ketones is 1. The van der Waals surface area contributed by atoms with Crippen LogP contribution >= 0.6 is 0 Å². The van der Waals surface area contributed by atoms with Crippen LogP contribution in [0.15, 0.2) is 0 Å². The highest BCUT2D eigenvalue weighted by Gasteiger charge is 2.38. The first-order valence-electron chi connectivity index (χ1n) is 4.04. The molecule has 1 saturated heterocycles. The predicted octanol–water partition coefficient (Wildman–Crippen LogP) is 0.0894. The van der Waals surface area contributed by atoms with Gasteiger partial charge in [-0.1, -0.05) is 0 Å². The molecule has 0 aromatic rings. The normalized spacial score (nSPS) is 23.9. The Hall–Kier alpha value is -0.450. The van der Waals surface area contributed by atoms with E-state index in [1.165, 1.54) is 0 Å². The number of ether oxygens (including phenoxy) is 2. The number of carbonyl (C=O) groups excluding carboxylic acids is 1. The summed E-state index contributed by atoms with van der Waals surface area (Å²) in [6.45, 7) is 4.05. The number of hydrogen-bond acceptors (Lipinski definition) is 4. The molecule has 12 heavy (non-hydrogen) atoms. The van der Waals surface area contributed by atoms with E-state index in [1.807, 2.05) is 0 Å². The van der Waals surface area contributed by atoms with Crippen LogP contribution in [-0.4, -0.2) is 36.0 Å². The summed E-state index contributed by atoms with van der Waals surface area (Å²) < 4.78 is 10.2. The van der Waals surface area contributed by atoms with Crippen molar-refractivity contribution in [3.8, 4) is 0 Å². The fraction of sp³-hybridized carbons (Fsp3) is 0.875. The van der Waals surface area contributed by atoms with E-state index in [1.54, 1.807) is 13.8 Å². The molecule has 1 fully saturated rings. The smallest absolute Gasteiger partial charge is 0.226 e. The van der Waals surface area contributed by atoms with Gasteiger partial charge in [0.25, 0.3) is 0 Å². The van der Waals surface area contributed by atoms with Crippen LogP contribution in [0.25, 0.3) is 0 Å². The van der Waals surface area contributed by atoms with Crippen molar-refractivity contribution in [2.45, 2.75) is 32.2 Å². The van der Waals surface area contributed by atoms with Crippen LogP contribution in [0.5, 0.6) is 0 Å². The van der Waals surface area contributed by atoms with Crippen LogP contribution in [0.1, 0.15) is 20.3 Å². The summed E-state index contributed by atoms with van der Waals surface area (Å²) in [7, 11) is 0. The third kappa shape index (κ3) is 2.03. The second kappa shape index (κ2) is 3.51. The van der Waals surface area contributed by atoms with E-state index in [2.05, 4.69) is 0 Å². The Morgan fingerprint density at radius 1 is 1.58 bits per heavy atom. The molecule has 1 aliphatic rings. The minimum Gasteiger partial charge on any atom is -0.393 e.